The Hall–Kier alpha value is -1.17. The largest absolute Gasteiger partial charge is 0.495 e. The minimum absolute atomic E-state index is 0.428. The van der Waals surface area contributed by atoms with E-state index in [1.54, 1.807) is 26.4 Å². The number of aliphatic hydroxyl groups excluding tert-OH is 1. The highest BCUT2D eigenvalue weighted by Gasteiger charge is 2.13. The van der Waals surface area contributed by atoms with Crippen LogP contribution in [0.1, 0.15) is 13.8 Å². The van der Waals surface area contributed by atoms with Crippen molar-refractivity contribution < 1.29 is 14.6 Å². The Morgan fingerprint density at radius 1 is 1.19 bits per heavy atom. The van der Waals surface area contributed by atoms with Crippen molar-refractivity contribution in [2.24, 2.45) is 0 Å². The van der Waals surface area contributed by atoms with Crippen LogP contribution in [0, 0.1) is 0 Å². The van der Waals surface area contributed by atoms with E-state index in [1.807, 2.05) is 0 Å². The maximum Gasteiger partial charge on any atom is 0.143 e. The lowest BCUT2D eigenvalue weighted by Crippen LogP contribution is -2.35. The topological polar surface area (TPSA) is 54.0 Å². The molecule has 6 heteroatoms. The second-order valence-electron chi connectivity index (χ2n) is 4.71. The molecule has 0 spiro atoms. The number of nitrogens with one attached hydrogen (secondary N) is 1. The van der Waals surface area contributed by atoms with Crippen LogP contribution in [0.25, 0.3) is 0 Å². The number of rotatable bonds is 9. The Labute approximate surface area is 131 Å². The molecule has 21 heavy (non-hydrogen) atoms. The zero-order valence-corrected chi connectivity index (χ0v) is 13.9. The Kier molecular flexibility index (Phi) is 7.64. The minimum Gasteiger partial charge on any atom is -0.495 e. The standard InChI is InChI=1S/C15H25ClN2O3/c1-5-18(6-2)10-11(19)9-17-13-8-14(20-3)12(16)7-15(13)21-4/h7-8,11,17,19H,5-6,9-10H2,1-4H3. The van der Waals surface area contributed by atoms with Crippen LogP contribution in [-0.4, -0.2) is 56.5 Å². The Morgan fingerprint density at radius 3 is 2.33 bits per heavy atom. The molecule has 0 fully saturated rings. The number of aliphatic hydroxyl groups is 1. The van der Waals surface area contributed by atoms with Crippen molar-refractivity contribution in [3.05, 3.63) is 17.2 Å². The van der Waals surface area contributed by atoms with Gasteiger partial charge in [-0.15, -0.1) is 0 Å². The number of hydrogen-bond donors (Lipinski definition) is 2. The molecule has 5 nitrogen and oxygen atoms in total. The lowest BCUT2D eigenvalue weighted by molar-refractivity contribution is 0.128. The van der Waals surface area contributed by atoms with Gasteiger partial charge in [-0.2, -0.15) is 0 Å². The SMILES string of the molecule is CCN(CC)CC(O)CNc1cc(OC)c(Cl)cc1OC. The summed E-state index contributed by atoms with van der Waals surface area (Å²) in [6, 6.07) is 3.46. The summed E-state index contributed by atoms with van der Waals surface area (Å²) in [5.74, 6) is 1.19. The lowest BCUT2D eigenvalue weighted by Gasteiger charge is -2.23. The molecule has 0 saturated carbocycles. The lowest BCUT2D eigenvalue weighted by atomic mass is 10.2. The molecule has 0 saturated heterocycles. The highest BCUT2D eigenvalue weighted by molar-refractivity contribution is 6.32. The monoisotopic (exact) mass is 316 g/mol. The van der Waals surface area contributed by atoms with Gasteiger partial charge in [-0.25, -0.2) is 0 Å². The number of hydrogen-bond acceptors (Lipinski definition) is 5. The summed E-state index contributed by atoms with van der Waals surface area (Å²) < 4.78 is 10.5. The number of anilines is 1. The Morgan fingerprint density at radius 2 is 1.81 bits per heavy atom. The molecular weight excluding hydrogens is 292 g/mol. The predicted octanol–water partition coefficient (Wildman–Crippen LogP) is 2.47. The van der Waals surface area contributed by atoms with Crippen molar-refractivity contribution in [3.8, 4) is 11.5 Å². The van der Waals surface area contributed by atoms with Crippen LogP contribution in [0.5, 0.6) is 11.5 Å². The van der Waals surface area contributed by atoms with E-state index in [9.17, 15) is 5.11 Å². The molecule has 1 rings (SSSR count). The van der Waals surface area contributed by atoms with Crippen molar-refractivity contribution >= 4 is 17.3 Å². The third-order valence-electron chi connectivity index (χ3n) is 3.37. The molecule has 0 bridgehead atoms. The molecule has 0 heterocycles. The first kappa shape index (κ1) is 17.9. The summed E-state index contributed by atoms with van der Waals surface area (Å²) in [5.41, 5.74) is 0.748. The maximum absolute atomic E-state index is 10.1. The van der Waals surface area contributed by atoms with Crippen LogP contribution < -0.4 is 14.8 Å². The van der Waals surface area contributed by atoms with Gasteiger partial charge in [0.15, 0.2) is 0 Å². The van der Waals surface area contributed by atoms with Gasteiger partial charge >= 0.3 is 0 Å². The zero-order chi connectivity index (χ0) is 15.8. The van der Waals surface area contributed by atoms with Gasteiger partial charge in [0.2, 0.25) is 0 Å². The van der Waals surface area contributed by atoms with Gasteiger partial charge in [-0.05, 0) is 13.1 Å². The molecule has 2 N–H and O–H groups in total. The average molecular weight is 317 g/mol. The predicted molar refractivity (Wildman–Crippen MR) is 86.8 cm³/mol. The summed E-state index contributed by atoms with van der Waals surface area (Å²) in [5, 5.41) is 13.8. The molecule has 1 aromatic carbocycles. The van der Waals surface area contributed by atoms with E-state index >= 15 is 0 Å². The minimum atomic E-state index is -0.462. The van der Waals surface area contributed by atoms with E-state index in [4.69, 9.17) is 21.1 Å². The number of likely N-dealkylation sites (N-methyl/N-ethyl adjacent to an activating group) is 1. The third kappa shape index (κ3) is 5.26. The fourth-order valence-corrected chi connectivity index (χ4v) is 2.30. The smallest absolute Gasteiger partial charge is 0.143 e. The van der Waals surface area contributed by atoms with Crippen LogP contribution in [0.15, 0.2) is 12.1 Å². The summed E-state index contributed by atoms with van der Waals surface area (Å²) in [7, 11) is 3.14. The van der Waals surface area contributed by atoms with Gasteiger partial charge in [0.25, 0.3) is 0 Å². The van der Waals surface area contributed by atoms with Crippen LogP contribution in [0.2, 0.25) is 5.02 Å². The van der Waals surface area contributed by atoms with E-state index in [0.29, 0.717) is 29.6 Å². The molecule has 120 valence electrons. The van der Waals surface area contributed by atoms with Crippen LogP contribution >= 0.6 is 11.6 Å². The zero-order valence-electron chi connectivity index (χ0n) is 13.1. The number of benzene rings is 1. The summed E-state index contributed by atoms with van der Waals surface area (Å²) >= 11 is 6.06. The Bertz CT molecular complexity index is 439. The first-order valence-corrected chi connectivity index (χ1v) is 7.49. The Balaban J connectivity index is 2.69. The highest BCUT2D eigenvalue weighted by atomic mass is 35.5. The van der Waals surface area contributed by atoms with Crippen molar-refractivity contribution in [1.29, 1.82) is 0 Å². The van der Waals surface area contributed by atoms with Crippen molar-refractivity contribution in [2.75, 3.05) is 45.7 Å². The quantitative estimate of drug-likeness (QED) is 0.733. The van der Waals surface area contributed by atoms with Gasteiger partial charge < -0.3 is 24.8 Å². The molecule has 1 atom stereocenters. The van der Waals surface area contributed by atoms with Gasteiger partial charge in [-0.3, -0.25) is 0 Å². The van der Waals surface area contributed by atoms with E-state index < -0.39 is 6.10 Å². The fraction of sp³-hybridized carbons (Fsp3) is 0.600. The first-order valence-electron chi connectivity index (χ1n) is 7.11. The molecule has 0 amide bonds. The van der Waals surface area contributed by atoms with Gasteiger partial charge in [0.05, 0.1) is 31.0 Å². The summed E-state index contributed by atoms with van der Waals surface area (Å²) in [6.07, 6.45) is -0.462. The fourth-order valence-electron chi connectivity index (χ4n) is 2.07. The van der Waals surface area contributed by atoms with Gasteiger partial charge in [0.1, 0.15) is 11.5 Å². The van der Waals surface area contributed by atoms with Crippen LogP contribution in [0.4, 0.5) is 5.69 Å². The van der Waals surface area contributed by atoms with E-state index in [1.165, 1.54) is 0 Å². The summed E-state index contributed by atoms with van der Waals surface area (Å²) in [6.45, 7) is 7.06. The molecule has 0 aromatic heterocycles. The van der Waals surface area contributed by atoms with E-state index in [2.05, 4.69) is 24.1 Å². The highest BCUT2D eigenvalue weighted by Crippen LogP contribution is 2.35. The molecule has 0 radical (unpaired) electrons. The number of methoxy groups -OCH3 is 2. The molecule has 0 aliphatic rings. The van der Waals surface area contributed by atoms with Crippen LogP contribution in [-0.2, 0) is 0 Å². The van der Waals surface area contributed by atoms with E-state index in [0.717, 1.165) is 18.8 Å². The van der Waals surface area contributed by atoms with E-state index in [-0.39, 0.29) is 0 Å². The van der Waals surface area contributed by atoms with Gasteiger partial charge in [-0.1, -0.05) is 25.4 Å². The van der Waals surface area contributed by atoms with Gasteiger partial charge in [0, 0.05) is 25.2 Å². The second-order valence-corrected chi connectivity index (χ2v) is 5.11. The van der Waals surface area contributed by atoms with Crippen molar-refractivity contribution in [2.45, 2.75) is 20.0 Å². The molecule has 1 unspecified atom stereocenters. The number of halogens is 1. The van der Waals surface area contributed by atoms with Crippen LogP contribution in [0.3, 0.4) is 0 Å². The molecule has 0 aliphatic heterocycles. The van der Waals surface area contributed by atoms with Crippen molar-refractivity contribution in [1.82, 2.24) is 4.90 Å². The average Bonchev–Trinajstić information content (AvgIpc) is 2.50. The normalized spacial score (nSPS) is 12.3. The summed E-state index contributed by atoms with van der Waals surface area (Å²) in [4.78, 5) is 2.17. The second kappa shape index (κ2) is 8.97. The number of nitrogens with zero attached hydrogens (tertiary/aromatic N) is 1. The number of ether oxygens (including phenoxy) is 2. The maximum atomic E-state index is 10.1. The molecule has 1 aromatic rings. The molecule has 0 aliphatic carbocycles. The molecular formula is C15H25ClN2O3. The van der Waals surface area contributed by atoms with Crippen molar-refractivity contribution in [3.63, 3.8) is 0 Å². The third-order valence-corrected chi connectivity index (χ3v) is 3.66. The first-order chi connectivity index (χ1) is 10.0.